The van der Waals surface area contributed by atoms with Crippen molar-refractivity contribution in [2.75, 3.05) is 13.2 Å². The second kappa shape index (κ2) is 13.9. The number of primary amides is 1. The van der Waals surface area contributed by atoms with Crippen molar-refractivity contribution in [3.05, 3.63) is 0 Å². The largest absolute Gasteiger partial charge is 0.481 e. The zero-order valence-corrected chi connectivity index (χ0v) is 19.1. The molecular formula is C19H32N4O12. The molecule has 1 rings (SSSR count). The van der Waals surface area contributed by atoms with Crippen molar-refractivity contribution in [3.63, 3.8) is 0 Å². The average Bonchev–Trinajstić information content (AvgIpc) is 2.79. The Morgan fingerprint density at radius 1 is 1.06 bits per heavy atom. The summed E-state index contributed by atoms with van der Waals surface area (Å²) >= 11 is 0. The first-order chi connectivity index (χ1) is 16.3. The summed E-state index contributed by atoms with van der Waals surface area (Å²) in [6.45, 7) is 0.844. The standard InChI is InChI=1S/C19H32N4O12/c1-7(17(31)22-9(16(20)30)3-4-12(27)28)21-18(32)8(2)34-15-13(23-11(26)6-25)19(33)35-10(5-24)14(15)29/h7-10,13-15,19,24-25,29,33H,3-6H2,1-2H3,(H2,20,30)(H,21,32)(H,22,31)(H,23,26)(H,27,28). The molecule has 16 nitrogen and oxygen atoms in total. The fourth-order valence-corrected chi connectivity index (χ4v) is 3.18. The van der Waals surface area contributed by atoms with E-state index in [0.29, 0.717) is 0 Å². The summed E-state index contributed by atoms with van der Waals surface area (Å²) < 4.78 is 10.5. The maximum atomic E-state index is 12.6. The molecule has 0 aliphatic carbocycles. The summed E-state index contributed by atoms with van der Waals surface area (Å²) in [6, 6.07) is -3.92. The van der Waals surface area contributed by atoms with Gasteiger partial charge in [0, 0.05) is 6.42 Å². The van der Waals surface area contributed by atoms with E-state index < -0.39 is 98.1 Å². The zero-order valence-electron chi connectivity index (χ0n) is 19.1. The number of hydrogen-bond acceptors (Lipinski definition) is 11. The Hall–Kier alpha value is -2.89. The first-order valence-electron chi connectivity index (χ1n) is 10.6. The molecule has 8 atom stereocenters. The van der Waals surface area contributed by atoms with Crippen LogP contribution in [-0.2, 0) is 33.4 Å². The van der Waals surface area contributed by atoms with Gasteiger partial charge in [-0.3, -0.25) is 24.0 Å². The van der Waals surface area contributed by atoms with Gasteiger partial charge in [-0.15, -0.1) is 0 Å². The second-order valence-electron chi connectivity index (χ2n) is 7.86. The maximum absolute atomic E-state index is 12.6. The summed E-state index contributed by atoms with van der Waals surface area (Å²) in [6.07, 6.45) is -8.20. The van der Waals surface area contributed by atoms with Gasteiger partial charge in [-0.2, -0.15) is 0 Å². The predicted octanol–water partition coefficient (Wildman–Crippen LogP) is -5.35. The van der Waals surface area contributed by atoms with E-state index in [1.54, 1.807) is 0 Å². The molecule has 200 valence electrons. The Morgan fingerprint density at radius 2 is 1.69 bits per heavy atom. The van der Waals surface area contributed by atoms with E-state index in [2.05, 4.69) is 16.0 Å². The minimum Gasteiger partial charge on any atom is -0.481 e. The molecule has 0 radical (unpaired) electrons. The molecule has 0 aromatic carbocycles. The lowest BCUT2D eigenvalue weighted by molar-refractivity contribution is -0.266. The van der Waals surface area contributed by atoms with Gasteiger partial charge < -0.3 is 56.7 Å². The number of nitrogens with one attached hydrogen (secondary N) is 3. The minimum absolute atomic E-state index is 0.256. The molecule has 0 saturated carbocycles. The Balaban J connectivity index is 2.83. The second-order valence-corrected chi connectivity index (χ2v) is 7.86. The van der Waals surface area contributed by atoms with E-state index in [0.717, 1.165) is 0 Å². The number of hydrogen-bond donors (Lipinski definition) is 9. The molecule has 1 aliphatic heterocycles. The van der Waals surface area contributed by atoms with Gasteiger partial charge in [-0.25, -0.2) is 0 Å². The topological polar surface area (TPSA) is 267 Å². The molecule has 1 fully saturated rings. The SMILES string of the molecule is CC(NC(=O)C(C)OC1C(O)C(CO)OC(O)C1NC(=O)CO)C(=O)NC(CCC(=O)O)C(N)=O. The Labute approximate surface area is 199 Å². The third kappa shape index (κ3) is 9.00. The highest BCUT2D eigenvalue weighted by molar-refractivity contribution is 5.92. The minimum atomic E-state index is -1.76. The molecule has 1 saturated heterocycles. The van der Waals surface area contributed by atoms with Crippen LogP contribution in [0.4, 0.5) is 0 Å². The van der Waals surface area contributed by atoms with Gasteiger partial charge in [0.2, 0.25) is 23.6 Å². The molecule has 0 aromatic rings. The summed E-state index contributed by atoms with van der Waals surface area (Å²) in [5.41, 5.74) is 5.16. The van der Waals surface area contributed by atoms with Crippen LogP contribution in [0.5, 0.6) is 0 Å². The number of carboxylic acid groups (broad SMARTS) is 1. The van der Waals surface area contributed by atoms with Gasteiger partial charge in [0.15, 0.2) is 6.29 Å². The van der Waals surface area contributed by atoms with Crippen LogP contribution in [0.3, 0.4) is 0 Å². The number of amides is 4. The van der Waals surface area contributed by atoms with Crippen LogP contribution >= 0.6 is 0 Å². The highest BCUT2D eigenvalue weighted by Crippen LogP contribution is 2.23. The molecule has 10 N–H and O–H groups in total. The lowest BCUT2D eigenvalue weighted by atomic mass is 9.96. The van der Waals surface area contributed by atoms with Gasteiger partial charge in [-0.05, 0) is 20.3 Å². The van der Waals surface area contributed by atoms with Gasteiger partial charge in [-0.1, -0.05) is 0 Å². The average molecular weight is 508 g/mol. The van der Waals surface area contributed by atoms with Crippen LogP contribution in [0.25, 0.3) is 0 Å². The fraction of sp³-hybridized carbons (Fsp3) is 0.737. The van der Waals surface area contributed by atoms with Crippen molar-refractivity contribution in [3.8, 4) is 0 Å². The van der Waals surface area contributed by atoms with Gasteiger partial charge in [0.05, 0.1) is 6.61 Å². The first-order valence-corrected chi connectivity index (χ1v) is 10.6. The van der Waals surface area contributed by atoms with Crippen molar-refractivity contribution in [2.24, 2.45) is 5.73 Å². The quantitative estimate of drug-likeness (QED) is 0.113. The fourth-order valence-electron chi connectivity index (χ4n) is 3.18. The molecule has 8 unspecified atom stereocenters. The summed E-state index contributed by atoms with van der Waals surface area (Å²) in [4.78, 5) is 58.6. The van der Waals surface area contributed by atoms with Gasteiger partial charge >= 0.3 is 5.97 Å². The molecule has 0 bridgehead atoms. The van der Waals surface area contributed by atoms with Crippen molar-refractivity contribution < 1.29 is 59.0 Å². The van der Waals surface area contributed by atoms with Crippen molar-refractivity contribution >= 4 is 29.6 Å². The summed E-state index contributed by atoms with van der Waals surface area (Å²) in [5.74, 6) is -4.80. The normalized spacial score (nSPS) is 26.6. The monoisotopic (exact) mass is 508 g/mol. The van der Waals surface area contributed by atoms with Crippen LogP contribution in [0.15, 0.2) is 0 Å². The van der Waals surface area contributed by atoms with E-state index in [9.17, 15) is 39.3 Å². The number of rotatable bonds is 13. The summed E-state index contributed by atoms with van der Waals surface area (Å²) in [7, 11) is 0. The summed E-state index contributed by atoms with van der Waals surface area (Å²) in [5, 5.41) is 54.3. The van der Waals surface area contributed by atoms with Gasteiger partial charge in [0.25, 0.3) is 0 Å². The third-order valence-electron chi connectivity index (χ3n) is 5.13. The van der Waals surface area contributed by atoms with Crippen LogP contribution in [-0.4, -0.2) is 117 Å². The molecule has 1 heterocycles. The Kier molecular flexibility index (Phi) is 11.9. The molecule has 0 aromatic heterocycles. The maximum Gasteiger partial charge on any atom is 0.303 e. The Morgan fingerprint density at radius 3 is 2.20 bits per heavy atom. The van der Waals surface area contributed by atoms with Crippen molar-refractivity contribution in [1.29, 1.82) is 0 Å². The van der Waals surface area contributed by atoms with E-state index in [1.807, 2.05) is 0 Å². The van der Waals surface area contributed by atoms with Crippen molar-refractivity contribution in [1.82, 2.24) is 16.0 Å². The Bertz CT molecular complexity index is 781. The number of aliphatic hydroxyl groups excluding tert-OH is 4. The van der Waals surface area contributed by atoms with E-state index >= 15 is 0 Å². The third-order valence-corrected chi connectivity index (χ3v) is 5.13. The molecule has 35 heavy (non-hydrogen) atoms. The first kappa shape index (κ1) is 30.1. The molecular weight excluding hydrogens is 476 g/mol. The lowest BCUT2D eigenvalue weighted by Gasteiger charge is -2.43. The van der Waals surface area contributed by atoms with Crippen LogP contribution in [0, 0.1) is 0 Å². The van der Waals surface area contributed by atoms with Crippen LogP contribution in [0.2, 0.25) is 0 Å². The molecule has 16 heteroatoms. The lowest BCUT2D eigenvalue weighted by Crippen LogP contribution is -2.66. The molecule has 4 amide bonds. The van der Waals surface area contributed by atoms with Crippen LogP contribution in [0.1, 0.15) is 26.7 Å². The van der Waals surface area contributed by atoms with Gasteiger partial charge in [0.1, 0.15) is 49.1 Å². The molecule has 0 spiro atoms. The number of aliphatic hydroxyl groups is 4. The van der Waals surface area contributed by atoms with E-state index in [4.69, 9.17) is 25.4 Å². The van der Waals surface area contributed by atoms with Crippen molar-refractivity contribution in [2.45, 2.75) is 75.5 Å². The number of carbonyl (C=O) groups is 5. The number of ether oxygens (including phenoxy) is 2. The predicted molar refractivity (Wildman–Crippen MR) is 113 cm³/mol. The number of carboxylic acids is 1. The van der Waals surface area contributed by atoms with E-state index in [-0.39, 0.29) is 6.42 Å². The number of carbonyl (C=O) groups excluding carboxylic acids is 4. The molecule has 1 aliphatic rings. The smallest absolute Gasteiger partial charge is 0.303 e. The highest BCUT2D eigenvalue weighted by Gasteiger charge is 2.47. The van der Waals surface area contributed by atoms with Crippen LogP contribution < -0.4 is 21.7 Å². The highest BCUT2D eigenvalue weighted by atomic mass is 16.6. The van der Waals surface area contributed by atoms with E-state index in [1.165, 1.54) is 13.8 Å². The number of aliphatic carboxylic acids is 1. The zero-order chi connectivity index (χ0) is 26.9. The number of nitrogens with two attached hydrogens (primary N) is 1.